The highest BCUT2D eigenvalue weighted by Gasteiger charge is 2.31. The van der Waals surface area contributed by atoms with Gasteiger partial charge in [-0.25, -0.2) is 0 Å². The largest absolute Gasteiger partial charge is 0.347 e. The number of nitrogens with zero attached hydrogens (tertiary/aromatic N) is 5. The van der Waals surface area contributed by atoms with E-state index in [1.54, 1.807) is 11.3 Å². The maximum absolute atomic E-state index is 13.2. The molecule has 0 radical (unpaired) electrons. The maximum atomic E-state index is 13.2. The highest BCUT2D eigenvalue weighted by molar-refractivity contribution is 7.17. The number of hydrogen-bond acceptors (Lipinski definition) is 5. The smallest absolute Gasteiger partial charge is 0.225 e. The van der Waals surface area contributed by atoms with Gasteiger partial charge in [-0.3, -0.25) is 9.36 Å². The summed E-state index contributed by atoms with van der Waals surface area (Å²) in [5.74, 6) is 1.20. The van der Waals surface area contributed by atoms with Crippen LogP contribution in [0, 0.1) is 25.7 Å². The molecule has 0 saturated carbocycles. The molecule has 2 fully saturated rings. The number of likely N-dealkylation sites (tertiary alicyclic amines) is 1. The minimum Gasteiger partial charge on any atom is -0.347 e. The van der Waals surface area contributed by atoms with E-state index in [0.717, 1.165) is 68.5 Å². The first-order valence-electron chi connectivity index (χ1n) is 12.1. The van der Waals surface area contributed by atoms with Gasteiger partial charge in [-0.15, -0.1) is 10.2 Å². The van der Waals surface area contributed by atoms with Crippen molar-refractivity contribution in [1.29, 1.82) is 0 Å². The number of benzene rings is 1. The van der Waals surface area contributed by atoms with E-state index in [-0.39, 0.29) is 5.92 Å². The predicted octanol–water partition coefficient (Wildman–Crippen LogP) is 4.64. The fourth-order valence-corrected chi connectivity index (χ4v) is 6.29. The maximum Gasteiger partial charge on any atom is 0.225 e. The average Bonchev–Trinajstić information content (AvgIpc) is 3.46. The molecule has 0 aliphatic carbocycles. The third-order valence-electron chi connectivity index (χ3n) is 7.27. The minimum atomic E-state index is 0.147. The van der Waals surface area contributed by atoms with Gasteiger partial charge in [-0.1, -0.05) is 41.7 Å². The Bertz CT molecular complexity index is 1060. The van der Waals surface area contributed by atoms with Crippen LogP contribution in [0.2, 0.25) is 0 Å². The number of carbonyl (C=O) groups excluding carboxylic acids is 1. The first-order chi connectivity index (χ1) is 16.1. The fraction of sp³-hybridized carbons (Fsp3) is 0.500. The molecule has 2 saturated heterocycles. The summed E-state index contributed by atoms with van der Waals surface area (Å²) in [6.07, 6.45) is 5.17. The monoisotopic (exact) mass is 463 g/mol. The van der Waals surface area contributed by atoms with Crippen LogP contribution in [0.3, 0.4) is 0 Å². The Morgan fingerprint density at radius 2 is 1.52 bits per heavy atom. The quantitative estimate of drug-likeness (QED) is 0.553. The van der Waals surface area contributed by atoms with Crippen molar-refractivity contribution in [2.45, 2.75) is 46.0 Å². The van der Waals surface area contributed by atoms with Gasteiger partial charge >= 0.3 is 0 Å². The summed E-state index contributed by atoms with van der Waals surface area (Å²) in [6, 6.07) is 15.0. The summed E-state index contributed by atoms with van der Waals surface area (Å²) >= 11 is 1.64. The summed E-state index contributed by atoms with van der Waals surface area (Å²) < 4.78 is 2.15. The van der Waals surface area contributed by atoms with Gasteiger partial charge in [0.25, 0.3) is 0 Å². The van der Waals surface area contributed by atoms with Crippen LogP contribution >= 0.6 is 11.3 Å². The standard InChI is InChI=1S/C26H33N5OS/c1-19-8-9-20(2)31(19)26-28-27-25(33-26)30-16-12-23(13-17-30)24(32)29-14-10-22(11-15-29)18-21-6-4-3-5-7-21/h3-9,22-23H,10-18H2,1-2H3. The molecule has 174 valence electrons. The van der Waals surface area contributed by atoms with E-state index in [4.69, 9.17) is 0 Å². The van der Waals surface area contributed by atoms with Crippen molar-refractivity contribution in [3.05, 3.63) is 59.4 Å². The molecular weight excluding hydrogens is 430 g/mol. The number of piperidine rings is 2. The first-order valence-corrected chi connectivity index (χ1v) is 13.0. The molecule has 0 bridgehead atoms. The third kappa shape index (κ3) is 4.83. The summed E-state index contributed by atoms with van der Waals surface area (Å²) in [5, 5.41) is 10.8. The number of amides is 1. The van der Waals surface area contributed by atoms with Crippen molar-refractivity contribution in [1.82, 2.24) is 19.7 Å². The van der Waals surface area contributed by atoms with Gasteiger partial charge in [-0.2, -0.15) is 0 Å². The molecule has 33 heavy (non-hydrogen) atoms. The molecule has 5 rings (SSSR count). The summed E-state index contributed by atoms with van der Waals surface area (Å²) in [5.41, 5.74) is 3.76. The summed E-state index contributed by atoms with van der Waals surface area (Å²) in [4.78, 5) is 17.6. The van der Waals surface area contributed by atoms with Crippen LogP contribution in [-0.4, -0.2) is 51.8 Å². The molecule has 0 atom stereocenters. The fourth-order valence-electron chi connectivity index (χ4n) is 5.28. The number of hydrogen-bond donors (Lipinski definition) is 0. The van der Waals surface area contributed by atoms with Crippen molar-refractivity contribution in [3.8, 4) is 5.13 Å². The first kappa shape index (κ1) is 22.1. The Hall–Kier alpha value is -2.67. The predicted molar refractivity (Wildman–Crippen MR) is 133 cm³/mol. The highest BCUT2D eigenvalue weighted by atomic mass is 32.1. The molecule has 6 nitrogen and oxygen atoms in total. The van der Waals surface area contributed by atoms with Gasteiger partial charge in [-0.05, 0) is 69.6 Å². The second-order valence-corrected chi connectivity index (χ2v) is 10.5. The molecule has 1 aromatic carbocycles. The highest BCUT2D eigenvalue weighted by Crippen LogP contribution is 2.31. The van der Waals surface area contributed by atoms with E-state index in [2.05, 4.69) is 80.9 Å². The van der Waals surface area contributed by atoms with Gasteiger partial charge in [0.15, 0.2) is 0 Å². The topological polar surface area (TPSA) is 54.3 Å². The van der Waals surface area contributed by atoms with Gasteiger partial charge < -0.3 is 9.80 Å². The lowest BCUT2D eigenvalue weighted by Crippen LogP contribution is -2.45. The number of rotatable bonds is 5. The molecule has 4 heterocycles. The summed E-state index contributed by atoms with van der Waals surface area (Å²) in [6.45, 7) is 7.75. The van der Waals surface area contributed by atoms with Crippen LogP contribution in [0.15, 0.2) is 42.5 Å². The van der Waals surface area contributed by atoms with Crippen molar-refractivity contribution >= 4 is 22.4 Å². The van der Waals surface area contributed by atoms with E-state index in [9.17, 15) is 4.79 Å². The summed E-state index contributed by atoms with van der Waals surface area (Å²) in [7, 11) is 0. The van der Waals surface area contributed by atoms with Crippen LogP contribution in [0.25, 0.3) is 5.13 Å². The number of carbonyl (C=O) groups is 1. The molecule has 7 heteroatoms. The second-order valence-electron chi connectivity index (χ2n) is 9.54. The van der Waals surface area contributed by atoms with Crippen LogP contribution in [0.1, 0.15) is 42.6 Å². The van der Waals surface area contributed by atoms with E-state index >= 15 is 0 Å². The molecule has 0 N–H and O–H groups in total. The zero-order valence-electron chi connectivity index (χ0n) is 19.6. The van der Waals surface area contributed by atoms with Crippen LogP contribution in [0.4, 0.5) is 5.13 Å². The van der Waals surface area contributed by atoms with Crippen molar-refractivity contribution in [2.75, 3.05) is 31.1 Å². The van der Waals surface area contributed by atoms with Gasteiger partial charge in [0.1, 0.15) is 0 Å². The molecule has 1 amide bonds. The number of anilines is 1. The second kappa shape index (κ2) is 9.67. The molecule has 0 unspecified atom stereocenters. The Balaban J connectivity index is 1.12. The van der Waals surface area contributed by atoms with Crippen LogP contribution in [0.5, 0.6) is 0 Å². The van der Waals surface area contributed by atoms with Crippen molar-refractivity contribution in [2.24, 2.45) is 11.8 Å². The Morgan fingerprint density at radius 3 is 2.18 bits per heavy atom. The lowest BCUT2D eigenvalue weighted by atomic mass is 9.88. The third-order valence-corrected chi connectivity index (χ3v) is 8.24. The van der Waals surface area contributed by atoms with Crippen molar-refractivity contribution in [3.63, 3.8) is 0 Å². The normalized spacial score (nSPS) is 18.1. The van der Waals surface area contributed by atoms with Gasteiger partial charge in [0.05, 0.1) is 0 Å². The Kier molecular flexibility index (Phi) is 6.49. The Morgan fingerprint density at radius 1 is 0.879 bits per heavy atom. The number of aryl methyl sites for hydroxylation is 2. The number of aromatic nitrogens is 3. The van der Waals surface area contributed by atoms with E-state index in [0.29, 0.717) is 11.8 Å². The van der Waals surface area contributed by atoms with Crippen LogP contribution in [-0.2, 0) is 11.2 Å². The average molecular weight is 464 g/mol. The molecule has 0 spiro atoms. The van der Waals surface area contributed by atoms with Crippen molar-refractivity contribution < 1.29 is 4.79 Å². The Labute approximate surface area is 200 Å². The minimum absolute atomic E-state index is 0.147. The zero-order chi connectivity index (χ0) is 22.8. The zero-order valence-corrected chi connectivity index (χ0v) is 20.4. The van der Waals surface area contributed by atoms with E-state index in [1.807, 2.05) is 0 Å². The van der Waals surface area contributed by atoms with E-state index < -0.39 is 0 Å². The van der Waals surface area contributed by atoms with E-state index in [1.165, 1.54) is 17.0 Å². The lowest BCUT2D eigenvalue weighted by Gasteiger charge is -2.37. The SMILES string of the molecule is Cc1ccc(C)n1-c1nnc(N2CCC(C(=O)N3CCC(Cc4ccccc4)CC3)CC2)s1. The molecular formula is C26H33N5OS. The van der Waals surface area contributed by atoms with Gasteiger partial charge in [0.2, 0.25) is 16.2 Å². The molecule has 2 aliphatic heterocycles. The molecule has 3 aromatic rings. The lowest BCUT2D eigenvalue weighted by molar-refractivity contribution is -0.137. The molecule has 2 aliphatic rings. The molecule has 2 aromatic heterocycles. The van der Waals surface area contributed by atoms with Crippen LogP contribution < -0.4 is 4.90 Å². The van der Waals surface area contributed by atoms with Gasteiger partial charge in [0, 0.05) is 43.5 Å².